The van der Waals surface area contributed by atoms with Crippen LogP contribution in [0.4, 0.5) is 0 Å². The maximum atomic E-state index is 3.58. The van der Waals surface area contributed by atoms with Gasteiger partial charge in [0.2, 0.25) is 0 Å². The molecule has 0 radical (unpaired) electrons. The van der Waals surface area contributed by atoms with Crippen molar-refractivity contribution in [1.29, 1.82) is 0 Å². The molecule has 1 unspecified atom stereocenters. The van der Waals surface area contributed by atoms with Crippen LogP contribution in [0.1, 0.15) is 24.1 Å². The van der Waals surface area contributed by atoms with Crippen LogP contribution in [-0.2, 0) is 6.54 Å². The summed E-state index contributed by atoms with van der Waals surface area (Å²) in [4.78, 5) is 0. The highest BCUT2D eigenvalue weighted by Crippen LogP contribution is 2.20. The summed E-state index contributed by atoms with van der Waals surface area (Å²) in [6.45, 7) is 3.09. The molecule has 0 aromatic heterocycles. The molecule has 1 atom stereocenters. The van der Waals surface area contributed by atoms with Gasteiger partial charge in [0.25, 0.3) is 0 Å². The predicted octanol–water partition coefficient (Wildman–Crippen LogP) is 5.45. The number of halogens is 1. The third kappa shape index (κ3) is 3.52. The largest absolute Gasteiger partial charge is 0.306 e. The van der Waals surface area contributed by atoms with E-state index in [0.29, 0.717) is 6.04 Å². The van der Waals surface area contributed by atoms with Gasteiger partial charge in [-0.15, -0.1) is 0 Å². The van der Waals surface area contributed by atoms with Crippen LogP contribution in [-0.4, -0.2) is 0 Å². The molecular weight excluding hydrogens is 322 g/mol. The number of benzene rings is 3. The summed E-state index contributed by atoms with van der Waals surface area (Å²) in [6, 6.07) is 23.9. The third-order valence-electron chi connectivity index (χ3n) is 3.80. The molecule has 0 saturated heterocycles. The van der Waals surface area contributed by atoms with E-state index in [0.717, 1.165) is 11.0 Å². The summed E-state index contributed by atoms with van der Waals surface area (Å²) in [6.07, 6.45) is 0. The van der Waals surface area contributed by atoms with Crippen LogP contribution in [0, 0.1) is 0 Å². The normalized spacial score (nSPS) is 12.5. The van der Waals surface area contributed by atoms with Crippen molar-refractivity contribution in [3.05, 3.63) is 82.3 Å². The quantitative estimate of drug-likeness (QED) is 0.666. The van der Waals surface area contributed by atoms with Crippen molar-refractivity contribution in [3.63, 3.8) is 0 Å². The van der Waals surface area contributed by atoms with E-state index in [2.05, 4.69) is 94.9 Å². The van der Waals surface area contributed by atoms with E-state index in [1.165, 1.54) is 21.9 Å². The molecule has 0 bridgehead atoms. The van der Waals surface area contributed by atoms with E-state index < -0.39 is 0 Å². The molecule has 0 fully saturated rings. The van der Waals surface area contributed by atoms with Crippen molar-refractivity contribution in [3.8, 4) is 0 Å². The highest BCUT2D eigenvalue weighted by molar-refractivity contribution is 9.10. The summed E-state index contributed by atoms with van der Waals surface area (Å²) in [5, 5.41) is 6.18. The Hall–Kier alpha value is -1.64. The van der Waals surface area contributed by atoms with E-state index >= 15 is 0 Å². The minimum absolute atomic E-state index is 0.332. The fraction of sp³-hybridized carbons (Fsp3) is 0.158. The fourth-order valence-electron chi connectivity index (χ4n) is 2.47. The smallest absolute Gasteiger partial charge is 0.0295 e. The SMILES string of the molecule is CC(NCc1ccc(Br)cc1)c1ccc2ccccc2c1. The minimum atomic E-state index is 0.332. The third-order valence-corrected chi connectivity index (χ3v) is 4.33. The Morgan fingerprint density at radius 2 is 1.62 bits per heavy atom. The summed E-state index contributed by atoms with van der Waals surface area (Å²) in [5.74, 6) is 0. The van der Waals surface area contributed by atoms with Gasteiger partial charge in [-0.25, -0.2) is 0 Å². The highest BCUT2D eigenvalue weighted by Gasteiger charge is 2.05. The lowest BCUT2D eigenvalue weighted by Gasteiger charge is -2.15. The second kappa shape index (κ2) is 6.42. The molecule has 3 rings (SSSR count). The van der Waals surface area contributed by atoms with Gasteiger partial charge < -0.3 is 5.32 Å². The van der Waals surface area contributed by atoms with Gasteiger partial charge in [-0.05, 0) is 47.0 Å². The fourth-order valence-corrected chi connectivity index (χ4v) is 2.73. The second-order valence-corrected chi connectivity index (χ2v) is 6.25. The molecule has 0 aliphatic heterocycles. The van der Waals surface area contributed by atoms with Gasteiger partial charge in [0.1, 0.15) is 0 Å². The van der Waals surface area contributed by atoms with Gasteiger partial charge in [0.05, 0.1) is 0 Å². The number of fused-ring (bicyclic) bond motifs is 1. The molecule has 3 aromatic carbocycles. The van der Waals surface area contributed by atoms with E-state index in [1.807, 2.05) is 0 Å². The van der Waals surface area contributed by atoms with Gasteiger partial charge in [-0.1, -0.05) is 64.5 Å². The molecule has 0 aliphatic rings. The lowest BCUT2D eigenvalue weighted by atomic mass is 10.0. The molecular formula is C19H18BrN. The van der Waals surface area contributed by atoms with Crippen molar-refractivity contribution in [2.24, 2.45) is 0 Å². The molecule has 0 spiro atoms. The Balaban J connectivity index is 1.71. The summed E-state index contributed by atoms with van der Waals surface area (Å²) < 4.78 is 1.12. The average Bonchev–Trinajstić information content (AvgIpc) is 2.53. The van der Waals surface area contributed by atoms with Crippen LogP contribution >= 0.6 is 15.9 Å². The topological polar surface area (TPSA) is 12.0 Å². The predicted molar refractivity (Wildman–Crippen MR) is 93.3 cm³/mol. The monoisotopic (exact) mass is 339 g/mol. The average molecular weight is 340 g/mol. The van der Waals surface area contributed by atoms with E-state index in [4.69, 9.17) is 0 Å². The maximum absolute atomic E-state index is 3.58. The van der Waals surface area contributed by atoms with Crippen LogP contribution < -0.4 is 5.32 Å². The van der Waals surface area contributed by atoms with Crippen molar-refractivity contribution in [2.75, 3.05) is 0 Å². The molecule has 106 valence electrons. The molecule has 1 nitrogen and oxygen atoms in total. The molecule has 21 heavy (non-hydrogen) atoms. The molecule has 3 aromatic rings. The summed E-state index contributed by atoms with van der Waals surface area (Å²) in [7, 11) is 0. The lowest BCUT2D eigenvalue weighted by molar-refractivity contribution is 0.575. The molecule has 0 amide bonds. The highest BCUT2D eigenvalue weighted by atomic mass is 79.9. The molecule has 1 N–H and O–H groups in total. The van der Waals surface area contributed by atoms with Gasteiger partial charge >= 0.3 is 0 Å². The van der Waals surface area contributed by atoms with Crippen molar-refractivity contribution < 1.29 is 0 Å². The van der Waals surface area contributed by atoms with Crippen LogP contribution in [0.2, 0.25) is 0 Å². The second-order valence-electron chi connectivity index (χ2n) is 5.34. The van der Waals surface area contributed by atoms with Gasteiger partial charge in [-0.3, -0.25) is 0 Å². The number of hydrogen-bond donors (Lipinski definition) is 1. The van der Waals surface area contributed by atoms with Crippen molar-refractivity contribution in [1.82, 2.24) is 5.32 Å². The van der Waals surface area contributed by atoms with E-state index in [-0.39, 0.29) is 0 Å². The minimum Gasteiger partial charge on any atom is -0.306 e. The summed E-state index contributed by atoms with van der Waals surface area (Å²) >= 11 is 3.46. The molecule has 2 heteroatoms. The first-order chi connectivity index (χ1) is 10.2. The van der Waals surface area contributed by atoms with Crippen molar-refractivity contribution in [2.45, 2.75) is 19.5 Å². The zero-order chi connectivity index (χ0) is 14.7. The summed E-state index contributed by atoms with van der Waals surface area (Å²) in [5.41, 5.74) is 2.62. The first-order valence-electron chi connectivity index (χ1n) is 7.19. The Labute approximate surface area is 134 Å². The molecule has 0 heterocycles. The van der Waals surface area contributed by atoms with Crippen LogP contribution in [0.15, 0.2) is 71.2 Å². The Morgan fingerprint density at radius 1 is 0.905 bits per heavy atom. The van der Waals surface area contributed by atoms with Crippen LogP contribution in [0.3, 0.4) is 0 Å². The van der Waals surface area contributed by atoms with Crippen LogP contribution in [0.25, 0.3) is 10.8 Å². The Kier molecular flexibility index (Phi) is 4.37. The maximum Gasteiger partial charge on any atom is 0.0295 e. The lowest BCUT2D eigenvalue weighted by Crippen LogP contribution is -2.17. The zero-order valence-electron chi connectivity index (χ0n) is 12.0. The number of rotatable bonds is 4. The van der Waals surface area contributed by atoms with E-state index in [1.54, 1.807) is 0 Å². The zero-order valence-corrected chi connectivity index (χ0v) is 13.6. The van der Waals surface area contributed by atoms with Gasteiger partial charge in [0.15, 0.2) is 0 Å². The molecule has 0 aliphatic carbocycles. The first-order valence-corrected chi connectivity index (χ1v) is 7.98. The Bertz CT molecular complexity index is 734. The first kappa shape index (κ1) is 14.3. The Morgan fingerprint density at radius 3 is 2.38 bits per heavy atom. The van der Waals surface area contributed by atoms with Gasteiger partial charge in [-0.2, -0.15) is 0 Å². The van der Waals surface area contributed by atoms with Gasteiger partial charge in [0, 0.05) is 17.1 Å². The standard InChI is InChI=1S/C19H18BrN/c1-14(21-13-15-6-10-19(20)11-7-15)17-9-8-16-4-2-3-5-18(16)12-17/h2-12,14,21H,13H2,1H3. The van der Waals surface area contributed by atoms with Crippen molar-refractivity contribution >= 4 is 26.7 Å². The number of nitrogens with one attached hydrogen (secondary N) is 1. The van der Waals surface area contributed by atoms with Crippen LogP contribution in [0.5, 0.6) is 0 Å². The van der Waals surface area contributed by atoms with E-state index in [9.17, 15) is 0 Å². The number of hydrogen-bond acceptors (Lipinski definition) is 1. The molecule has 0 saturated carbocycles.